The number of hydrogen-bond donors (Lipinski definition) is 2. The fourth-order valence-electron chi connectivity index (χ4n) is 2.05. The molecule has 1 saturated carbocycles. The van der Waals surface area contributed by atoms with Crippen LogP contribution in [0.25, 0.3) is 0 Å². The molecule has 1 aliphatic rings. The number of halogens is 3. The van der Waals surface area contributed by atoms with Gasteiger partial charge in [0.25, 0.3) is 0 Å². The predicted molar refractivity (Wildman–Crippen MR) is 65.7 cm³/mol. The Kier molecular flexibility index (Phi) is 3.58. The van der Waals surface area contributed by atoms with E-state index in [1.807, 2.05) is 0 Å². The number of anilines is 2. The molecule has 1 fully saturated rings. The van der Waals surface area contributed by atoms with Gasteiger partial charge in [0, 0.05) is 13.7 Å². The zero-order valence-corrected chi connectivity index (χ0v) is 10.5. The van der Waals surface area contributed by atoms with Crippen molar-refractivity contribution >= 4 is 11.4 Å². The number of ether oxygens (including phenoxy) is 1. The summed E-state index contributed by atoms with van der Waals surface area (Å²) in [5, 5.41) is 2.93. The van der Waals surface area contributed by atoms with Crippen LogP contribution in [-0.2, 0) is 10.9 Å². The maximum atomic E-state index is 12.6. The molecule has 2 rings (SSSR count). The van der Waals surface area contributed by atoms with Crippen molar-refractivity contribution in [2.75, 3.05) is 24.7 Å². The minimum Gasteiger partial charge on any atom is -0.396 e. The van der Waals surface area contributed by atoms with Gasteiger partial charge in [-0.2, -0.15) is 13.2 Å². The Hall–Kier alpha value is -1.50. The van der Waals surface area contributed by atoms with E-state index in [0.29, 0.717) is 6.54 Å². The molecule has 0 spiro atoms. The van der Waals surface area contributed by atoms with Gasteiger partial charge in [0.1, 0.15) is 5.69 Å². The average molecular weight is 275 g/mol. The van der Waals surface area contributed by atoms with Gasteiger partial charge < -0.3 is 15.8 Å². The number of rotatable bonds is 4. The van der Waals surface area contributed by atoms with E-state index in [1.165, 1.54) is 0 Å². The molecule has 0 amide bonds. The number of nitrogens with two attached hydrogens (primary N) is 1. The van der Waals surface area contributed by atoms with Gasteiger partial charge in [-0.3, -0.25) is 0 Å². The van der Waals surface area contributed by atoms with Crippen LogP contribution >= 0.6 is 0 Å². The number of nitrogens with one attached hydrogen (secondary N) is 1. The Bertz CT molecular complexity index is 453. The number of alkyl halides is 3. The van der Waals surface area contributed by atoms with Crippen molar-refractivity contribution in [3.63, 3.8) is 0 Å². The molecule has 1 heterocycles. The molecule has 0 aliphatic heterocycles. The fraction of sp³-hybridized carbons (Fsp3) is 0.583. The molecule has 0 unspecified atom stereocenters. The molecule has 0 aromatic carbocycles. The molecular weight excluding hydrogens is 259 g/mol. The van der Waals surface area contributed by atoms with Gasteiger partial charge >= 0.3 is 6.18 Å². The highest BCUT2D eigenvalue weighted by atomic mass is 19.4. The number of hydrogen-bond acceptors (Lipinski definition) is 4. The van der Waals surface area contributed by atoms with Crippen LogP contribution in [0, 0.1) is 0 Å². The number of nitrogen functional groups attached to an aromatic ring is 1. The van der Waals surface area contributed by atoms with Crippen LogP contribution in [0.15, 0.2) is 12.3 Å². The Morgan fingerprint density at radius 3 is 2.63 bits per heavy atom. The summed E-state index contributed by atoms with van der Waals surface area (Å²) in [6, 6.07) is 0.928. The van der Waals surface area contributed by atoms with Gasteiger partial charge in [0.15, 0.2) is 0 Å². The first-order valence-corrected chi connectivity index (χ1v) is 5.98. The Balaban J connectivity index is 2.11. The number of pyridine rings is 1. The monoisotopic (exact) mass is 275 g/mol. The molecule has 1 aromatic rings. The van der Waals surface area contributed by atoms with Gasteiger partial charge in [-0.1, -0.05) is 0 Å². The van der Waals surface area contributed by atoms with Crippen molar-refractivity contribution in [3.8, 4) is 0 Å². The summed E-state index contributed by atoms with van der Waals surface area (Å²) in [7, 11) is 1.61. The molecule has 1 aliphatic carbocycles. The van der Waals surface area contributed by atoms with Crippen LogP contribution in [0.3, 0.4) is 0 Å². The maximum absolute atomic E-state index is 12.6. The standard InChI is InChI=1S/C12H16F3N3O/c1-19-11(3-2-4-11)7-18-9-5-10(12(13,14)15)17-6-8(9)16/h5-6H,2-4,7,16H2,1H3,(H,17,18). The van der Waals surface area contributed by atoms with Crippen LogP contribution in [0.4, 0.5) is 24.5 Å². The molecule has 106 valence electrons. The largest absolute Gasteiger partial charge is 0.433 e. The number of nitrogens with zero attached hydrogens (tertiary/aromatic N) is 1. The molecule has 7 heteroatoms. The fourth-order valence-corrected chi connectivity index (χ4v) is 2.05. The van der Waals surface area contributed by atoms with Gasteiger partial charge in [-0.15, -0.1) is 0 Å². The van der Waals surface area contributed by atoms with Crippen molar-refractivity contribution in [2.24, 2.45) is 0 Å². The van der Waals surface area contributed by atoms with Crippen LogP contribution < -0.4 is 11.1 Å². The molecule has 4 nitrogen and oxygen atoms in total. The predicted octanol–water partition coefficient (Wildman–Crippen LogP) is 2.66. The lowest BCUT2D eigenvalue weighted by atomic mass is 9.80. The van der Waals surface area contributed by atoms with Crippen molar-refractivity contribution in [2.45, 2.75) is 31.0 Å². The Labute approximate surface area is 109 Å². The van der Waals surface area contributed by atoms with E-state index < -0.39 is 11.9 Å². The highest BCUT2D eigenvalue weighted by Gasteiger charge is 2.37. The first-order valence-electron chi connectivity index (χ1n) is 5.98. The van der Waals surface area contributed by atoms with Crippen molar-refractivity contribution in [1.29, 1.82) is 0 Å². The van der Waals surface area contributed by atoms with Crippen molar-refractivity contribution in [1.82, 2.24) is 4.98 Å². The second kappa shape index (κ2) is 4.88. The summed E-state index contributed by atoms with van der Waals surface area (Å²) in [4.78, 5) is 3.29. The SMILES string of the molecule is COC1(CNc2cc(C(F)(F)F)ncc2N)CCC1. The maximum Gasteiger partial charge on any atom is 0.433 e. The van der Waals surface area contributed by atoms with E-state index in [9.17, 15) is 13.2 Å². The number of aromatic nitrogens is 1. The highest BCUT2D eigenvalue weighted by molar-refractivity contribution is 5.65. The molecule has 19 heavy (non-hydrogen) atoms. The van der Waals surface area contributed by atoms with E-state index in [4.69, 9.17) is 10.5 Å². The second-order valence-electron chi connectivity index (χ2n) is 4.75. The molecule has 0 saturated heterocycles. The third kappa shape index (κ3) is 2.91. The topological polar surface area (TPSA) is 60.2 Å². The molecular formula is C12H16F3N3O. The quantitative estimate of drug-likeness (QED) is 0.887. The first-order chi connectivity index (χ1) is 8.86. The second-order valence-corrected chi connectivity index (χ2v) is 4.75. The minimum absolute atomic E-state index is 0.193. The van der Waals surface area contributed by atoms with Crippen molar-refractivity contribution in [3.05, 3.63) is 18.0 Å². The third-order valence-electron chi connectivity index (χ3n) is 3.52. The van der Waals surface area contributed by atoms with Crippen molar-refractivity contribution < 1.29 is 17.9 Å². The minimum atomic E-state index is -4.47. The third-order valence-corrected chi connectivity index (χ3v) is 3.52. The first kappa shape index (κ1) is 13.9. The summed E-state index contributed by atoms with van der Waals surface area (Å²) >= 11 is 0. The smallest absolute Gasteiger partial charge is 0.396 e. The van der Waals surface area contributed by atoms with Gasteiger partial charge in [-0.25, -0.2) is 4.98 Å². The summed E-state index contributed by atoms with van der Waals surface area (Å²) < 4.78 is 43.1. The van der Waals surface area contributed by atoms with Crippen LogP contribution in [0.1, 0.15) is 25.0 Å². The van der Waals surface area contributed by atoms with Gasteiger partial charge in [0.05, 0.1) is 23.2 Å². The summed E-state index contributed by atoms with van der Waals surface area (Å²) in [5.41, 5.74) is 4.83. The van der Waals surface area contributed by atoms with E-state index in [1.54, 1.807) is 7.11 Å². The van der Waals surface area contributed by atoms with E-state index in [0.717, 1.165) is 31.5 Å². The van der Waals surface area contributed by atoms with Gasteiger partial charge in [0.2, 0.25) is 0 Å². The average Bonchev–Trinajstić information content (AvgIpc) is 2.29. The summed E-state index contributed by atoms with van der Waals surface area (Å²) in [6.45, 7) is 0.439. The lowest BCUT2D eigenvalue weighted by Gasteiger charge is -2.40. The molecule has 0 bridgehead atoms. The highest BCUT2D eigenvalue weighted by Crippen LogP contribution is 2.36. The van der Waals surface area contributed by atoms with E-state index >= 15 is 0 Å². The zero-order valence-electron chi connectivity index (χ0n) is 10.5. The molecule has 3 N–H and O–H groups in total. The molecule has 1 aromatic heterocycles. The van der Waals surface area contributed by atoms with Crippen LogP contribution in [0.5, 0.6) is 0 Å². The lowest BCUT2D eigenvalue weighted by Crippen LogP contribution is -2.45. The lowest BCUT2D eigenvalue weighted by molar-refractivity contribution is -0.141. The normalized spacial score (nSPS) is 17.9. The zero-order chi connectivity index (χ0) is 14.1. The molecule has 0 atom stereocenters. The van der Waals surface area contributed by atoms with E-state index in [2.05, 4.69) is 10.3 Å². The Morgan fingerprint density at radius 1 is 1.47 bits per heavy atom. The van der Waals surface area contributed by atoms with E-state index in [-0.39, 0.29) is 17.0 Å². The summed E-state index contributed by atoms with van der Waals surface area (Å²) in [5.74, 6) is 0. The molecule has 0 radical (unpaired) electrons. The van der Waals surface area contributed by atoms with Crippen LogP contribution in [0.2, 0.25) is 0 Å². The van der Waals surface area contributed by atoms with Gasteiger partial charge in [-0.05, 0) is 25.3 Å². The number of methoxy groups -OCH3 is 1. The summed E-state index contributed by atoms with van der Waals surface area (Å²) in [6.07, 6.45) is -0.596. The van der Waals surface area contributed by atoms with Crippen LogP contribution in [-0.4, -0.2) is 24.2 Å². The Morgan fingerprint density at radius 2 is 2.16 bits per heavy atom.